The summed E-state index contributed by atoms with van der Waals surface area (Å²) in [6.45, 7) is 7.52. The Morgan fingerprint density at radius 3 is 2.65 bits per heavy atom. The number of carbonyl (C=O) groups excluding carboxylic acids is 1. The van der Waals surface area contributed by atoms with Gasteiger partial charge in [0.2, 0.25) is 11.9 Å². The van der Waals surface area contributed by atoms with Crippen molar-refractivity contribution in [3.63, 3.8) is 0 Å². The second-order valence-electron chi connectivity index (χ2n) is 4.91. The molecule has 0 bridgehead atoms. The number of aromatic nitrogens is 2. The maximum absolute atomic E-state index is 11.8. The minimum Gasteiger partial charge on any atom is -0.384 e. The van der Waals surface area contributed by atoms with Crippen LogP contribution in [-0.4, -0.2) is 27.5 Å². The number of nitrogens with one attached hydrogen (secondary N) is 2. The van der Waals surface area contributed by atoms with Crippen molar-refractivity contribution < 1.29 is 4.79 Å². The van der Waals surface area contributed by atoms with Gasteiger partial charge in [-0.2, -0.15) is 4.98 Å². The van der Waals surface area contributed by atoms with Crippen LogP contribution < -0.4 is 16.4 Å². The number of nitrogens with zero attached hydrogens (tertiary/aromatic N) is 2. The summed E-state index contributed by atoms with van der Waals surface area (Å²) in [5.74, 6) is 0.607. The van der Waals surface area contributed by atoms with Crippen molar-refractivity contribution in [3.8, 4) is 0 Å². The van der Waals surface area contributed by atoms with Crippen LogP contribution in [0.4, 0.5) is 11.8 Å². The first-order valence-corrected chi connectivity index (χ1v) is 5.45. The summed E-state index contributed by atoms with van der Waals surface area (Å²) in [7, 11) is 0. The van der Waals surface area contributed by atoms with Gasteiger partial charge >= 0.3 is 0 Å². The number of amides is 1. The molecule has 0 aliphatic carbocycles. The zero-order valence-electron chi connectivity index (χ0n) is 10.6. The molecule has 0 saturated carbocycles. The second-order valence-corrected chi connectivity index (χ2v) is 4.91. The Bertz CT molecular complexity index is 399. The molecule has 1 aromatic rings. The Morgan fingerprint density at radius 1 is 1.47 bits per heavy atom. The Labute approximate surface area is 101 Å². The molecule has 0 aromatic carbocycles. The molecule has 1 amide bonds. The number of nitrogen functional groups attached to an aromatic ring is 1. The van der Waals surface area contributed by atoms with Crippen LogP contribution in [-0.2, 0) is 4.79 Å². The van der Waals surface area contributed by atoms with Gasteiger partial charge in [-0.05, 0) is 33.8 Å². The van der Waals surface area contributed by atoms with E-state index in [2.05, 4.69) is 20.6 Å². The van der Waals surface area contributed by atoms with E-state index in [-0.39, 0.29) is 11.4 Å². The molecule has 4 N–H and O–H groups in total. The molecule has 0 aliphatic rings. The summed E-state index contributed by atoms with van der Waals surface area (Å²) in [5, 5.41) is 5.76. The summed E-state index contributed by atoms with van der Waals surface area (Å²) < 4.78 is 0. The third-order valence-electron chi connectivity index (χ3n) is 1.91. The number of anilines is 2. The van der Waals surface area contributed by atoms with E-state index in [1.807, 2.05) is 20.8 Å². The lowest BCUT2D eigenvalue weighted by molar-refractivity contribution is -0.122. The quantitative estimate of drug-likeness (QED) is 0.722. The SMILES string of the molecule is CC(Nc1nccc(N)n1)C(=O)NC(C)(C)C. The lowest BCUT2D eigenvalue weighted by atomic mass is 10.1. The maximum Gasteiger partial charge on any atom is 0.242 e. The normalized spacial score (nSPS) is 12.9. The van der Waals surface area contributed by atoms with E-state index in [4.69, 9.17) is 5.73 Å². The van der Waals surface area contributed by atoms with Gasteiger partial charge in [0, 0.05) is 11.7 Å². The molecular formula is C11H19N5O. The van der Waals surface area contributed by atoms with Crippen LogP contribution in [0.15, 0.2) is 12.3 Å². The van der Waals surface area contributed by atoms with E-state index in [0.717, 1.165) is 0 Å². The fourth-order valence-corrected chi connectivity index (χ4v) is 1.18. The maximum atomic E-state index is 11.8. The van der Waals surface area contributed by atoms with Crippen molar-refractivity contribution in [2.24, 2.45) is 0 Å². The van der Waals surface area contributed by atoms with Crippen molar-refractivity contribution in [1.29, 1.82) is 0 Å². The Kier molecular flexibility index (Phi) is 3.88. The monoisotopic (exact) mass is 237 g/mol. The molecule has 1 unspecified atom stereocenters. The first-order chi connectivity index (χ1) is 7.78. The highest BCUT2D eigenvalue weighted by atomic mass is 16.2. The van der Waals surface area contributed by atoms with E-state index in [1.54, 1.807) is 19.2 Å². The minimum absolute atomic E-state index is 0.108. The van der Waals surface area contributed by atoms with Gasteiger partial charge in [-0.1, -0.05) is 0 Å². The predicted molar refractivity (Wildman–Crippen MR) is 67.4 cm³/mol. The van der Waals surface area contributed by atoms with E-state index >= 15 is 0 Å². The number of hydrogen-bond donors (Lipinski definition) is 3. The van der Waals surface area contributed by atoms with Gasteiger partial charge in [-0.15, -0.1) is 0 Å². The highest BCUT2D eigenvalue weighted by Gasteiger charge is 2.19. The highest BCUT2D eigenvalue weighted by molar-refractivity contribution is 5.84. The Hall–Kier alpha value is -1.85. The lowest BCUT2D eigenvalue weighted by Crippen LogP contribution is -2.47. The smallest absolute Gasteiger partial charge is 0.242 e. The van der Waals surface area contributed by atoms with Crippen LogP contribution in [0.5, 0.6) is 0 Å². The molecule has 6 heteroatoms. The zero-order valence-corrected chi connectivity index (χ0v) is 10.6. The second kappa shape index (κ2) is 4.99. The van der Waals surface area contributed by atoms with Crippen molar-refractivity contribution in [2.45, 2.75) is 39.3 Å². The molecule has 94 valence electrons. The van der Waals surface area contributed by atoms with Gasteiger partial charge in [0.05, 0.1) is 0 Å². The van der Waals surface area contributed by atoms with Gasteiger partial charge in [-0.25, -0.2) is 4.98 Å². The summed E-state index contributed by atoms with van der Waals surface area (Å²) in [6, 6.07) is 1.17. The van der Waals surface area contributed by atoms with Crippen LogP contribution in [0, 0.1) is 0 Å². The first kappa shape index (κ1) is 13.2. The van der Waals surface area contributed by atoms with Crippen LogP contribution in [0.2, 0.25) is 0 Å². The number of carbonyl (C=O) groups is 1. The Balaban J connectivity index is 2.60. The number of hydrogen-bond acceptors (Lipinski definition) is 5. The minimum atomic E-state index is -0.420. The average Bonchev–Trinajstić information content (AvgIpc) is 2.14. The van der Waals surface area contributed by atoms with Crippen molar-refractivity contribution >= 4 is 17.7 Å². The van der Waals surface area contributed by atoms with E-state index in [9.17, 15) is 4.79 Å². The van der Waals surface area contributed by atoms with Crippen LogP contribution in [0.3, 0.4) is 0 Å². The summed E-state index contributed by atoms with van der Waals surface area (Å²) in [5.41, 5.74) is 5.26. The van der Waals surface area contributed by atoms with E-state index in [1.165, 1.54) is 0 Å². The molecule has 0 saturated heterocycles. The molecule has 0 spiro atoms. The lowest BCUT2D eigenvalue weighted by Gasteiger charge is -2.23. The molecule has 0 aliphatic heterocycles. The van der Waals surface area contributed by atoms with Crippen LogP contribution in [0.25, 0.3) is 0 Å². The average molecular weight is 237 g/mol. The van der Waals surface area contributed by atoms with Crippen LogP contribution in [0.1, 0.15) is 27.7 Å². The third kappa shape index (κ3) is 4.67. The zero-order chi connectivity index (χ0) is 13.1. The van der Waals surface area contributed by atoms with Crippen molar-refractivity contribution in [1.82, 2.24) is 15.3 Å². The standard InChI is InChI=1S/C11H19N5O/c1-7(9(17)16-11(2,3)4)14-10-13-6-5-8(12)15-10/h5-7H,1-4H3,(H,16,17)(H3,12,13,14,15). The van der Waals surface area contributed by atoms with Crippen molar-refractivity contribution in [3.05, 3.63) is 12.3 Å². The van der Waals surface area contributed by atoms with Crippen molar-refractivity contribution in [2.75, 3.05) is 11.1 Å². The summed E-state index contributed by atoms with van der Waals surface area (Å²) in [6.07, 6.45) is 1.54. The molecule has 1 aromatic heterocycles. The molecule has 6 nitrogen and oxygen atoms in total. The Morgan fingerprint density at radius 2 is 2.12 bits per heavy atom. The van der Waals surface area contributed by atoms with Gasteiger partial charge in [-0.3, -0.25) is 4.79 Å². The van der Waals surface area contributed by atoms with Crippen LogP contribution >= 0.6 is 0 Å². The molecule has 17 heavy (non-hydrogen) atoms. The fourth-order valence-electron chi connectivity index (χ4n) is 1.18. The highest BCUT2D eigenvalue weighted by Crippen LogP contribution is 2.05. The number of rotatable bonds is 3. The summed E-state index contributed by atoms with van der Waals surface area (Å²) >= 11 is 0. The molecule has 1 heterocycles. The van der Waals surface area contributed by atoms with Gasteiger partial charge in [0.25, 0.3) is 0 Å². The first-order valence-electron chi connectivity index (χ1n) is 5.45. The molecule has 0 fully saturated rings. The van der Waals surface area contributed by atoms with Gasteiger partial charge < -0.3 is 16.4 Å². The molecule has 1 atom stereocenters. The number of nitrogens with two attached hydrogens (primary N) is 1. The van der Waals surface area contributed by atoms with Gasteiger partial charge in [0.1, 0.15) is 11.9 Å². The largest absolute Gasteiger partial charge is 0.384 e. The third-order valence-corrected chi connectivity index (χ3v) is 1.91. The molecule has 1 rings (SSSR count). The molecule has 0 radical (unpaired) electrons. The van der Waals surface area contributed by atoms with Gasteiger partial charge in [0.15, 0.2) is 0 Å². The topological polar surface area (TPSA) is 92.9 Å². The fraction of sp³-hybridized carbons (Fsp3) is 0.545. The van der Waals surface area contributed by atoms with E-state index < -0.39 is 6.04 Å². The predicted octanol–water partition coefficient (Wildman–Crippen LogP) is 0.774. The summed E-state index contributed by atoms with van der Waals surface area (Å²) in [4.78, 5) is 19.7. The van der Waals surface area contributed by atoms with E-state index in [0.29, 0.717) is 11.8 Å². The molecular weight excluding hydrogens is 218 g/mol.